The Hall–Kier alpha value is -1.80. The molecule has 3 rings (SSSR count). The molecule has 0 radical (unpaired) electrons. The zero-order valence-corrected chi connectivity index (χ0v) is 13.1. The van der Waals surface area contributed by atoms with E-state index in [9.17, 15) is 4.79 Å². The van der Waals surface area contributed by atoms with Crippen molar-refractivity contribution >= 4 is 17.2 Å². The Kier molecular flexibility index (Phi) is 4.79. The van der Waals surface area contributed by atoms with Crippen LogP contribution >= 0.6 is 11.3 Å². The van der Waals surface area contributed by atoms with Gasteiger partial charge in [-0.25, -0.2) is 0 Å². The molecule has 3 N–H and O–H groups in total. The number of aromatic nitrogens is 4. The standard InChI is InChI=1S/C14H20N6OS/c15-9-20-18-13(17-19-20)12(10-4-2-1-3-5-10)16-14(21)11-6-7-22-8-11/h6-8,10,12H,1-5,9,15H2,(H,16,21)/t12-/m0/s1. The molecule has 2 aromatic heterocycles. The molecule has 0 spiro atoms. The SMILES string of the molecule is NCn1nnc([C@@H](NC(=O)c2ccsc2)C2CCCCC2)n1. The van der Waals surface area contributed by atoms with Crippen molar-refractivity contribution in [2.24, 2.45) is 11.7 Å². The first-order valence-corrected chi connectivity index (χ1v) is 8.53. The van der Waals surface area contributed by atoms with Gasteiger partial charge in [0.15, 0.2) is 5.82 Å². The van der Waals surface area contributed by atoms with Crippen molar-refractivity contribution in [3.05, 3.63) is 28.2 Å². The summed E-state index contributed by atoms with van der Waals surface area (Å²) in [5.41, 5.74) is 6.21. The number of thiophene rings is 1. The summed E-state index contributed by atoms with van der Waals surface area (Å²) in [6.07, 6.45) is 5.77. The Morgan fingerprint density at radius 1 is 1.45 bits per heavy atom. The quantitative estimate of drug-likeness (QED) is 0.873. The Labute approximate surface area is 132 Å². The number of rotatable bonds is 5. The van der Waals surface area contributed by atoms with E-state index in [1.165, 1.54) is 35.4 Å². The zero-order chi connectivity index (χ0) is 15.4. The lowest BCUT2D eigenvalue weighted by atomic mass is 9.83. The number of nitrogens with zero attached hydrogens (tertiary/aromatic N) is 4. The Morgan fingerprint density at radius 3 is 2.91 bits per heavy atom. The predicted octanol–water partition coefficient (Wildman–Crippen LogP) is 1.70. The molecule has 0 unspecified atom stereocenters. The summed E-state index contributed by atoms with van der Waals surface area (Å²) in [5, 5.41) is 19.1. The summed E-state index contributed by atoms with van der Waals surface area (Å²) < 4.78 is 0. The minimum atomic E-state index is -0.201. The fraction of sp³-hybridized carbons (Fsp3) is 0.571. The van der Waals surface area contributed by atoms with Crippen LogP contribution in [0.15, 0.2) is 16.8 Å². The average molecular weight is 320 g/mol. The van der Waals surface area contributed by atoms with Crippen molar-refractivity contribution in [3.8, 4) is 0 Å². The fourth-order valence-corrected chi connectivity index (χ4v) is 3.57. The molecule has 1 fully saturated rings. The summed E-state index contributed by atoms with van der Waals surface area (Å²) in [4.78, 5) is 13.7. The highest BCUT2D eigenvalue weighted by molar-refractivity contribution is 7.08. The lowest BCUT2D eigenvalue weighted by molar-refractivity contribution is 0.0909. The number of hydrogen-bond acceptors (Lipinski definition) is 6. The van der Waals surface area contributed by atoms with Crippen LogP contribution in [0.25, 0.3) is 0 Å². The molecular weight excluding hydrogens is 300 g/mol. The van der Waals surface area contributed by atoms with Gasteiger partial charge in [0.25, 0.3) is 5.91 Å². The number of carbonyl (C=O) groups excluding carboxylic acids is 1. The van der Waals surface area contributed by atoms with Crippen LogP contribution in [0.2, 0.25) is 0 Å². The van der Waals surface area contributed by atoms with Crippen LogP contribution in [0.1, 0.15) is 54.3 Å². The van der Waals surface area contributed by atoms with Crippen molar-refractivity contribution in [2.75, 3.05) is 0 Å². The van der Waals surface area contributed by atoms with Crippen molar-refractivity contribution in [3.63, 3.8) is 0 Å². The molecule has 0 bridgehead atoms. The van der Waals surface area contributed by atoms with Gasteiger partial charge in [0.05, 0.1) is 11.6 Å². The molecule has 22 heavy (non-hydrogen) atoms. The lowest BCUT2D eigenvalue weighted by Gasteiger charge is -2.28. The number of carbonyl (C=O) groups is 1. The van der Waals surface area contributed by atoms with Gasteiger partial charge in [-0.3, -0.25) is 4.79 Å². The Morgan fingerprint density at radius 2 is 2.27 bits per heavy atom. The molecule has 0 aliphatic heterocycles. The van der Waals surface area contributed by atoms with E-state index in [2.05, 4.69) is 20.7 Å². The molecule has 1 atom stereocenters. The number of amides is 1. The van der Waals surface area contributed by atoms with Gasteiger partial charge in [-0.05, 0) is 35.4 Å². The smallest absolute Gasteiger partial charge is 0.252 e. The van der Waals surface area contributed by atoms with E-state index in [1.807, 2.05) is 16.8 Å². The molecule has 1 amide bonds. The number of nitrogens with two attached hydrogens (primary N) is 1. The number of nitrogens with one attached hydrogen (secondary N) is 1. The summed E-state index contributed by atoms with van der Waals surface area (Å²) in [6.45, 7) is 0.183. The van der Waals surface area contributed by atoms with E-state index in [1.54, 1.807) is 0 Å². The van der Waals surface area contributed by atoms with Crippen LogP contribution < -0.4 is 11.1 Å². The molecule has 2 heterocycles. The van der Waals surface area contributed by atoms with Gasteiger partial charge >= 0.3 is 0 Å². The van der Waals surface area contributed by atoms with Crippen LogP contribution in [0, 0.1) is 5.92 Å². The molecule has 8 heteroatoms. The van der Waals surface area contributed by atoms with Gasteiger partial charge < -0.3 is 11.1 Å². The van der Waals surface area contributed by atoms with Crippen LogP contribution in [0.3, 0.4) is 0 Å². The maximum atomic E-state index is 12.4. The first kappa shape index (κ1) is 15.1. The highest BCUT2D eigenvalue weighted by Crippen LogP contribution is 2.33. The second-order valence-electron chi connectivity index (χ2n) is 5.56. The molecule has 118 valence electrons. The van der Waals surface area contributed by atoms with Crippen LogP contribution in [-0.4, -0.2) is 26.1 Å². The normalized spacial score (nSPS) is 17.3. The van der Waals surface area contributed by atoms with Gasteiger partial charge in [-0.2, -0.15) is 11.3 Å². The molecule has 1 saturated carbocycles. The van der Waals surface area contributed by atoms with Crippen molar-refractivity contribution < 1.29 is 4.79 Å². The molecule has 0 saturated heterocycles. The van der Waals surface area contributed by atoms with E-state index >= 15 is 0 Å². The summed E-state index contributed by atoms with van der Waals surface area (Å²) in [5.74, 6) is 0.827. The maximum Gasteiger partial charge on any atom is 0.252 e. The third-order valence-corrected chi connectivity index (χ3v) is 4.78. The summed E-state index contributed by atoms with van der Waals surface area (Å²) >= 11 is 1.51. The Balaban J connectivity index is 1.80. The van der Waals surface area contributed by atoms with E-state index < -0.39 is 0 Å². The van der Waals surface area contributed by atoms with Gasteiger partial charge in [0.1, 0.15) is 6.67 Å². The highest BCUT2D eigenvalue weighted by atomic mass is 32.1. The van der Waals surface area contributed by atoms with E-state index in [0.717, 1.165) is 12.8 Å². The highest BCUT2D eigenvalue weighted by Gasteiger charge is 2.30. The van der Waals surface area contributed by atoms with Crippen molar-refractivity contribution in [2.45, 2.75) is 44.8 Å². The van der Waals surface area contributed by atoms with Crippen LogP contribution in [0.5, 0.6) is 0 Å². The third-order valence-electron chi connectivity index (χ3n) is 4.10. The number of tetrazole rings is 1. The minimum absolute atomic E-state index is 0.0825. The van der Waals surface area contributed by atoms with E-state index in [-0.39, 0.29) is 18.6 Å². The second-order valence-corrected chi connectivity index (χ2v) is 6.34. The zero-order valence-electron chi connectivity index (χ0n) is 12.3. The lowest BCUT2D eigenvalue weighted by Crippen LogP contribution is -2.35. The molecular formula is C14H20N6OS. The fourth-order valence-electron chi connectivity index (χ4n) is 2.94. The van der Waals surface area contributed by atoms with Crippen LogP contribution in [0.4, 0.5) is 0 Å². The van der Waals surface area contributed by atoms with Gasteiger partial charge in [-0.15, -0.1) is 15.0 Å². The first-order chi connectivity index (χ1) is 10.8. The predicted molar refractivity (Wildman–Crippen MR) is 83.1 cm³/mol. The minimum Gasteiger partial charge on any atom is -0.342 e. The van der Waals surface area contributed by atoms with Gasteiger partial charge in [0, 0.05) is 5.38 Å². The first-order valence-electron chi connectivity index (χ1n) is 7.59. The second kappa shape index (κ2) is 6.97. The summed E-state index contributed by atoms with van der Waals surface area (Å²) in [7, 11) is 0. The van der Waals surface area contributed by atoms with Crippen LogP contribution in [-0.2, 0) is 6.67 Å². The number of hydrogen-bond donors (Lipinski definition) is 2. The summed E-state index contributed by atoms with van der Waals surface area (Å²) in [6, 6.07) is 1.62. The molecule has 7 nitrogen and oxygen atoms in total. The molecule has 1 aliphatic carbocycles. The molecule has 0 aromatic carbocycles. The van der Waals surface area contributed by atoms with Crippen molar-refractivity contribution in [1.82, 2.24) is 25.5 Å². The van der Waals surface area contributed by atoms with E-state index in [0.29, 0.717) is 17.3 Å². The maximum absolute atomic E-state index is 12.4. The molecule has 2 aromatic rings. The van der Waals surface area contributed by atoms with Gasteiger partial charge in [0.2, 0.25) is 0 Å². The van der Waals surface area contributed by atoms with E-state index in [4.69, 9.17) is 5.73 Å². The van der Waals surface area contributed by atoms with Gasteiger partial charge in [-0.1, -0.05) is 19.3 Å². The Bertz CT molecular complexity index is 605. The molecule has 1 aliphatic rings. The largest absolute Gasteiger partial charge is 0.342 e. The monoisotopic (exact) mass is 320 g/mol. The average Bonchev–Trinajstić information content (AvgIpc) is 3.24. The van der Waals surface area contributed by atoms with Crippen molar-refractivity contribution in [1.29, 1.82) is 0 Å². The topological polar surface area (TPSA) is 98.7 Å². The third kappa shape index (κ3) is 3.33.